The molecule has 138 valence electrons. The van der Waals surface area contributed by atoms with E-state index in [-0.39, 0.29) is 17.5 Å². The minimum atomic E-state index is 0.203. The molecule has 1 aromatic heterocycles. The van der Waals surface area contributed by atoms with Gasteiger partial charge in [-0.05, 0) is 31.4 Å². The molecule has 0 fully saturated rings. The zero-order chi connectivity index (χ0) is 18.8. The molecule has 0 saturated carbocycles. The minimum Gasteiger partial charge on any atom is -0.493 e. The molecule has 0 unspecified atom stereocenters. The van der Waals surface area contributed by atoms with Crippen LogP contribution in [0, 0.1) is 11.3 Å². The fourth-order valence-corrected chi connectivity index (χ4v) is 2.51. The molecule has 6 nitrogen and oxygen atoms in total. The van der Waals surface area contributed by atoms with E-state index in [1.165, 1.54) is 0 Å². The maximum Gasteiger partial charge on any atom is 0.252 e. The zero-order valence-electron chi connectivity index (χ0n) is 15.7. The number of nitrogens with zero attached hydrogens (tertiary/aromatic N) is 3. The van der Waals surface area contributed by atoms with E-state index in [4.69, 9.17) is 9.15 Å². The third-order valence-electron chi connectivity index (χ3n) is 4.13. The number of rotatable bonds is 10. The molecule has 2 rings (SSSR count). The number of aromatic nitrogens is 1. The van der Waals surface area contributed by atoms with Gasteiger partial charge in [0, 0.05) is 11.5 Å². The Labute approximate surface area is 154 Å². The summed E-state index contributed by atoms with van der Waals surface area (Å²) in [6.07, 6.45) is 5.56. The van der Waals surface area contributed by atoms with Crippen molar-refractivity contribution in [1.29, 1.82) is 5.26 Å². The summed E-state index contributed by atoms with van der Waals surface area (Å²) in [5, 5.41) is 13.4. The van der Waals surface area contributed by atoms with Crippen molar-refractivity contribution in [3.05, 3.63) is 41.4 Å². The Balaban J connectivity index is 2.10. The quantitative estimate of drug-likeness (QED) is 0.366. The zero-order valence-corrected chi connectivity index (χ0v) is 15.7. The first kappa shape index (κ1) is 19.5. The average Bonchev–Trinajstić information content (AvgIpc) is 3.07. The first-order valence-electron chi connectivity index (χ1n) is 9.15. The average molecular weight is 354 g/mol. The molecule has 0 aliphatic carbocycles. The normalized spacial score (nSPS) is 11.0. The second-order valence-electron chi connectivity index (χ2n) is 5.96. The summed E-state index contributed by atoms with van der Waals surface area (Å²) in [4.78, 5) is 4.27. The molecule has 6 heteroatoms. The molecule has 2 aromatic rings. The molecule has 1 aromatic carbocycles. The number of unbranched alkanes of at least 4 members (excludes halogenated alkanes) is 1. The second kappa shape index (κ2) is 10.2. The molecular weight excluding hydrogens is 328 g/mol. The molecule has 0 atom stereocenters. The fourth-order valence-electron chi connectivity index (χ4n) is 2.51. The third-order valence-corrected chi connectivity index (χ3v) is 4.13. The van der Waals surface area contributed by atoms with Crippen molar-refractivity contribution in [1.82, 2.24) is 4.98 Å². The van der Waals surface area contributed by atoms with Crippen molar-refractivity contribution >= 4 is 12.1 Å². The van der Waals surface area contributed by atoms with Gasteiger partial charge in [0.1, 0.15) is 11.8 Å². The molecule has 0 spiro atoms. The summed E-state index contributed by atoms with van der Waals surface area (Å²) >= 11 is 0. The smallest absolute Gasteiger partial charge is 0.252 e. The number of hydrogen-bond donors (Lipinski definition) is 1. The lowest BCUT2D eigenvalue weighted by Crippen LogP contribution is -2.00. The van der Waals surface area contributed by atoms with Gasteiger partial charge >= 0.3 is 0 Å². The lowest BCUT2D eigenvalue weighted by Gasteiger charge is -2.08. The highest BCUT2D eigenvalue weighted by Gasteiger charge is 2.18. The molecule has 26 heavy (non-hydrogen) atoms. The molecular formula is C20H26N4O2. The van der Waals surface area contributed by atoms with Gasteiger partial charge in [0.15, 0.2) is 0 Å². The largest absolute Gasteiger partial charge is 0.493 e. The van der Waals surface area contributed by atoms with E-state index in [0.717, 1.165) is 37.0 Å². The maximum absolute atomic E-state index is 9.26. The predicted octanol–water partition coefficient (Wildman–Crippen LogP) is 5.07. The molecule has 0 aliphatic rings. The van der Waals surface area contributed by atoms with Crippen molar-refractivity contribution in [2.75, 3.05) is 12.0 Å². The number of benzene rings is 1. The van der Waals surface area contributed by atoms with Crippen molar-refractivity contribution in [3.8, 4) is 11.8 Å². The van der Waals surface area contributed by atoms with Crippen LogP contribution in [0.15, 0.2) is 33.8 Å². The number of ether oxygens (including phenoxy) is 1. The van der Waals surface area contributed by atoms with Crippen molar-refractivity contribution in [2.45, 2.75) is 52.4 Å². The summed E-state index contributed by atoms with van der Waals surface area (Å²) in [6, 6.07) is 9.74. The van der Waals surface area contributed by atoms with E-state index < -0.39 is 0 Å². The Kier molecular flexibility index (Phi) is 7.69. The summed E-state index contributed by atoms with van der Waals surface area (Å²) < 4.78 is 11.5. The molecule has 1 heterocycles. The van der Waals surface area contributed by atoms with E-state index in [2.05, 4.69) is 36.3 Å². The molecule has 0 aliphatic heterocycles. The van der Waals surface area contributed by atoms with Crippen LogP contribution in [0.2, 0.25) is 0 Å². The van der Waals surface area contributed by atoms with Crippen LogP contribution in [0.5, 0.6) is 5.75 Å². The van der Waals surface area contributed by atoms with Crippen LogP contribution in [0.1, 0.15) is 69.5 Å². The number of nitrogens with one attached hydrogen (secondary N) is 1. The number of oxazole rings is 1. The molecule has 0 saturated heterocycles. The van der Waals surface area contributed by atoms with Gasteiger partial charge in [-0.2, -0.15) is 10.4 Å². The van der Waals surface area contributed by atoms with Gasteiger partial charge < -0.3 is 9.15 Å². The van der Waals surface area contributed by atoms with Crippen molar-refractivity contribution in [2.24, 2.45) is 5.10 Å². The van der Waals surface area contributed by atoms with Gasteiger partial charge in [-0.3, -0.25) is 0 Å². The van der Waals surface area contributed by atoms with E-state index in [0.29, 0.717) is 12.5 Å². The standard InChI is InChI=1S/C20H26N4O2/c1-4-7-12-25-18-11-9-8-10-16(18)14-22-24-20-17(13-21)23-19(26-20)15(5-2)6-3/h8-11,14-15,24H,4-7,12H2,1-3H3/b22-14+. The Morgan fingerprint density at radius 1 is 1.31 bits per heavy atom. The van der Waals surface area contributed by atoms with Gasteiger partial charge in [-0.15, -0.1) is 0 Å². The Morgan fingerprint density at radius 2 is 2.08 bits per heavy atom. The number of para-hydroxylation sites is 1. The summed E-state index contributed by atoms with van der Waals surface area (Å²) in [6.45, 7) is 6.95. The van der Waals surface area contributed by atoms with Crippen LogP contribution >= 0.6 is 0 Å². The SMILES string of the molecule is CCCCOc1ccccc1/C=N/Nc1oc(C(CC)CC)nc1C#N. The number of anilines is 1. The summed E-state index contributed by atoms with van der Waals surface area (Å²) in [5.41, 5.74) is 3.87. The van der Waals surface area contributed by atoms with Crippen LogP contribution in [-0.4, -0.2) is 17.8 Å². The highest BCUT2D eigenvalue weighted by atomic mass is 16.5. The minimum absolute atomic E-state index is 0.203. The molecule has 0 radical (unpaired) electrons. The van der Waals surface area contributed by atoms with E-state index in [1.54, 1.807) is 6.21 Å². The number of nitriles is 1. The Hall–Kier alpha value is -2.81. The highest BCUT2D eigenvalue weighted by molar-refractivity contribution is 5.83. The van der Waals surface area contributed by atoms with E-state index in [9.17, 15) is 5.26 Å². The first-order chi connectivity index (χ1) is 12.7. The first-order valence-corrected chi connectivity index (χ1v) is 9.15. The van der Waals surface area contributed by atoms with Crippen LogP contribution < -0.4 is 10.2 Å². The summed E-state index contributed by atoms with van der Waals surface area (Å²) in [7, 11) is 0. The van der Waals surface area contributed by atoms with Crippen LogP contribution in [0.3, 0.4) is 0 Å². The third kappa shape index (κ3) is 5.09. The number of hydrogen-bond acceptors (Lipinski definition) is 6. The van der Waals surface area contributed by atoms with Crippen molar-refractivity contribution < 1.29 is 9.15 Å². The lowest BCUT2D eigenvalue weighted by atomic mass is 10.0. The van der Waals surface area contributed by atoms with Crippen LogP contribution in [0.25, 0.3) is 0 Å². The van der Waals surface area contributed by atoms with Gasteiger partial charge in [-0.1, -0.05) is 39.3 Å². The molecule has 1 N–H and O–H groups in total. The molecule has 0 bridgehead atoms. The number of hydrazone groups is 1. The van der Waals surface area contributed by atoms with Gasteiger partial charge in [-0.25, -0.2) is 10.4 Å². The van der Waals surface area contributed by atoms with E-state index >= 15 is 0 Å². The van der Waals surface area contributed by atoms with Crippen molar-refractivity contribution in [3.63, 3.8) is 0 Å². The van der Waals surface area contributed by atoms with Crippen LogP contribution in [-0.2, 0) is 0 Å². The topological polar surface area (TPSA) is 83.4 Å². The van der Waals surface area contributed by atoms with Gasteiger partial charge in [0.05, 0.1) is 12.8 Å². The second-order valence-corrected chi connectivity index (χ2v) is 5.96. The fraction of sp³-hybridized carbons (Fsp3) is 0.450. The van der Waals surface area contributed by atoms with E-state index in [1.807, 2.05) is 30.3 Å². The molecule has 0 amide bonds. The Morgan fingerprint density at radius 3 is 2.77 bits per heavy atom. The van der Waals surface area contributed by atoms with Gasteiger partial charge in [0.2, 0.25) is 11.6 Å². The van der Waals surface area contributed by atoms with Crippen LogP contribution in [0.4, 0.5) is 5.88 Å². The maximum atomic E-state index is 9.26. The highest BCUT2D eigenvalue weighted by Crippen LogP contribution is 2.27. The lowest BCUT2D eigenvalue weighted by molar-refractivity contribution is 0.309. The Bertz CT molecular complexity index is 757. The monoisotopic (exact) mass is 354 g/mol. The predicted molar refractivity (Wildman–Crippen MR) is 103 cm³/mol. The summed E-state index contributed by atoms with van der Waals surface area (Å²) in [5.74, 6) is 1.83. The van der Waals surface area contributed by atoms with Gasteiger partial charge in [0.25, 0.3) is 5.88 Å².